The number of hydrogen-bond acceptors (Lipinski definition) is 13. The maximum atomic E-state index is 14.1. The average molecular weight is 1150 g/mol. The highest BCUT2D eigenvalue weighted by Gasteiger charge is 2.58. The molecular weight excluding hydrogens is 1070 g/mol. The van der Waals surface area contributed by atoms with Crippen LogP contribution < -0.4 is 36.1 Å². The number of aromatic nitrogens is 3. The Kier molecular flexibility index (Phi) is 21.5. The van der Waals surface area contributed by atoms with Gasteiger partial charge in [-0.05, 0) is 112 Å². The monoisotopic (exact) mass is 1150 g/mol. The number of aromatic amines is 2. The summed E-state index contributed by atoms with van der Waals surface area (Å²) in [4.78, 5) is 58.7. The first-order valence-corrected chi connectivity index (χ1v) is 29.6. The quantitative estimate of drug-likeness (QED) is 0.0122. The average Bonchev–Trinajstić information content (AvgIpc) is 2.81. The molecule has 7 aromatic rings. The molecule has 18 nitrogen and oxygen atoms in total. The smallest absolute Gasteiger partial charge is 0.330 e. The molecule has 83 heavy (non-hydrogen) atoms. The Hall–Kier alpha value is -7.62. The normalized spacial score (nSPS) is 16.7. The van der Waals surface area contributed by atoms with Gasteiger partial charge in [-0.25, -0.2) is 4.79 Å². The van der Waals surface area contributed by atoms with Crippen molar-refractivity contribution in [2.45, 2.75) is 114 Å². The number of unbranched alkanes of at least 4 members (excludes halogenated alkanes) is 3. The van der Waals surface area contributed by atoms with E-state index in [2.05, 4.69) is 37.4 Å². The number of nitrogens with zero attached hydrogens (tertiary/aromatic N) is 3. The summed E-state index contributed by atoms with van der Waals surface area (Å²) in [5, 5.41) is 29.5. The summed E-state index contributed by atoms with van der Waals surface area (Å²) in [6.45, 7) is 9.08. The molecule has 8 rings (SSSR count). The number of amides is 2. The van der Waals surface area contributed by atoms with Gasteiger partial charge in [-0.1, -0.05) is 85.6 Å². The molecule has 5 N–H and O–H groups in total. The van der Waals surface area contributed by atoms with Crippen molar-refractivity contribution >= 4 is 48.0 Å². The van der Waals surface area contributed by atoms with E-state index in [4.69, 9.17) is 28.2 Å². The van der Waals surface area contributed by atoms with Crippen LogP contribution in [0.1, 0.15) is 108 Å². The predicted molar refractivity (Wildman–Crippen MR) is 322 cm³/mol. The molecular formula is C64H76N7O11P. The summed E-state index contributed by atoms with van der Waals surface area (Å²) in [5.41, 5.74) is 1.54. The van der Waals surface area contributed by atoms with E-state index in [-0.39, 0.29) is 49.7 Å². The Bertz CT molecular complexity index is 3390. The maximum Gasteiger partial charge on any atom is 0.330 e. The van der Waals surface area contributed by atoms with Gasteiger partial charge < -0.3 is 48.9 Å². The number of fused-ring (bicyclic) bond motifs is 3. The lowest BCUT2D eigenvalue weighted by molar-refractivity contribution is -0.121. The first-order chi connectivity index (χ1) is 40.2. The Morgan fingerprint density at radius 2 is 1.40 bits per heavy atom. The number of benzene rings is 5. The van der Waals surface area contributed by atoms with Crippen LogP contribution in [0.15, 0.2) is 143 Å². The third-order valence-electron chi connectivity index (χ3n) is 14.7. The molecule has 5 aromatic carbocycles. The summed E-state index contributed by atoms with van der Waals surface area (Å²) < 4.78 is 41.2. The van der Waals surface area contributed by atoms with E-state index in [1.165, 1.54) is 28.2 Å². The zero-order valence-electron chi connectivity index (χ0n) is 48.1. The van der Waals surface area contributed by atoms with E-state index in [9.17, 15) is 29.5 Å². The van der Waals surface area contributed by atoms with E-state index in [1.807, 2.05) is 143 Å². The third-order valence-corrected chi connectivity index (χ3v) is 17.6. The summed E-state index contributed by atoms with van der Waals surface area (Å²) >= 11 is 0. The molecule has 0 saturated carbocycles. The molecule has 19 heteroatoms. The number of nitriles is 1. The molecule has 2 amide bonds. The Balaban J connectivity index is 0.931. The molecule has 0 aliphatic carbocycles. The lowest BCUT2D eigenvalue weighted by Crippen LogP contribution is -2.48. The van der Waals surface area contributed by atoms with Gasteiger partial charge in [0.1, 0.15) is 43.5 Å². The second kappa shape index (κ2) is 29.1. The van der Waals surface area contributed by atoms with Crippen LogP contribution in [0, 0.1) is 11.3 Å². The van der Waals surface area contributed by atoms with Crippen LogP contribution in [-0.2, 0) is 29.2 Å². The number of nitrogens with one attached hydrogen (secondary N) is 4. The van der Waals surface area contributed by atoms with Crippen molar-refractivity contribution in [1.82, 2.24) is 29.8 Å². The SMILES string of the molecule is COc1ccc(C(OC[C@H]2O[C@@H](n3c(/C=C/C(=O)NCCCCCCNC(=O)CCCOc4ccc5c(c4)[nH]c4ccccc45)cc(=O)[nH]c3=O)C[C@@]2(O)P(OCCC#N)N(C(C)C)C(C)C)(c2ccccc2)c2ccc(OC)cc2)cc1. The molecule has 0 spiro atoms. The van der Waals surface area contributed by atoms with E-state index in [1.54, 1.807) is 14.2 Å². The van der Waals surface area contributed by atoms with Gasteiger partial charge in [0, 0.05) is 72.5 Å². The van der Waals surface area contributed by atoms with Gasteiger partial charge in [0.05, 0.1) is 57.7 Å². The van der Waals surface area contributed by atoms with Crippen LogP contribution >= 0.6 is 8.30 Å². The standard InChI is InChI=1S/C64H76N7O11P/c1-44(2)71(45(3)4)83(81-39-17-35-65)63(76)42-61(82-57(63)43-80-64(46-18-10-9-11-19-46,47-23-28-50(77-5)29-24-47)48-25-30-51(78-6)31-26-48)70-49(40-60(74)69-62(70)75)27-34-59(73)67-37-15-8-7-14-36-66-58(72)22-16-38-79-52-32-33-54-53-20-12-13-21-55(53)68-56(54)41-52/h9-13,18-21,23-34,40-41,44-45,57,61,68,76H,7-8,14-17,22,36-39,42-43H2,1-6H3,(H,66,72)(H,67,73)(H,69,74,75)/b34-27+/t57-,61-,63-,83?/m1/s1. The summed E-state index contributed by atoms with van der Waals surface area (Å²) in [5.74, 6) is 1.55. The number of carbonyl (C=O) groups excluding carboxylic acids is 2. The molecule has 1 aliphatic heterocycles. The van der Waals surface area contributed by atoms with E-state index in [0.717, 1.165) is 58.1 Å². The van der Waals surface area contributed by atoms with Crippen molar-refractivity contribution in [2.75, 3.05) is 47.1 Å². The Morgan fingerprint density at radius 1 is 0.783 bits per heavy atom. The molecule has 3 heterocycles. The molecule has 1 saturated heterocycles. The topological polar surface area (TPSA) is 231 Å². The maximum absolute atomic E-state index is 14.1. The number of ether oxygens (including phenoxy) is 5. The highest BCUT2D eigenvalue weighted by molar-refractivity contribution is 7.51. The van der Waals surface area contributed by atoms with E-state index in [0.29, 0.717) is 50.5 Å². The predicted octanol–water partition coefficient (Wildman–Crippen LogP) is 10.2. The van der Waals surface area contributed by atoms with Crippen molar-refractivity contribution in [2.24, 2.45) is 0 Å². The van der Waals surface area contributed by atoms with Gasteiger partial charge in [-0.3, -0.25) is 28.6 Å². The summed E-state index contributed by atoms with van der Waals surface area (Å²) in [7, 11) is 1.14. The van der Waals surface area contributed by atoms with Crippen molar-refractivity contribution in [3.63, 3.8) is 0 Å². The van der Waals surface area contributed by atoms with Gasteiger partial charge in [-0.2, -0.15) is 5.26 Å². The van der Waals surface area contributed by atoms with Crippen LogP contribution in [0.5, 0.6) is 17.2 Å². The van der Waals surface area contributed by atoms with Crippen molar-refractivity contribution in [3.8, 4) is 23.3 Å². The van der Waals surface area contributed by atoms with Crippen LogP contribution in [0.25, 0.3) is 27.9 Å². The van der Waals surface area contributed by atoms with E-state index < -0.39 is 48.7 Å². The minimum atomic E-state index is -2.05. The number of aliphatic hydroxyl groups is 1. The molecule has 438 valence electrons. The molecule has 0 bridgehead atoms. The first kappa shape index (κ1) is 61.5. The number of rotatable bonds is 30. The fourth-order valence-corrected chi connectivity index (χ4v) is 13.3. The van der Waals surface area contributed by atoms with Crippen LogP contribution in [0.4, 0.5) is 0 Å². The third kappa shape index (κ3) is 15.0. The Morgan fingerprint density at radius 3 is 2.05 bits per heavy atom. The van der Waals surface area contributed by atoms with Crippen LogP contribution in [0.3, 0.4) is 0 Å². The molecule has 1 aliphatic rings. The molecule has 4 atom stereocenters. The minimum absolute atomic E-state index is 0.00795. The fourth-order valence-electron chi connectivity index (χ4n) is 10.8. The van der Waals surface area contributed by atoms with Gasteiger partial charge in [0.15, 0.2) is 5.34 Å². The molecule has 1 unspecified atom stereocenters. The zero-order valence-corrected chi connectivity index (χ0v) is 49.0. The van der Waals surface area contributed by atoms with Crippen molar-refractivity contribution in [1.29, 1.82) is 5.26 Å². The van der Waals surface area contributed by atoms with Crippen molar-refractivity contribution in [3.05, 3.63) is 177 Å². The summed E-state index contributed by atoms with van der Waals surface area (Å²) in [6, 6.07) is 41.9. The summed E-state index contributed by atoms with van der Waals surface area (Å²) in [6.07, 6.45) is 4.15. The minimum Gasteiger partial charge on any atom is -0.497 e. The van der Waals surface area contributed by atoms with Gasteiger partial charge in [0.25, 0.3) is 5.56 Å². The number of carbonyl (C=O) groups is 2. The highest BCUT2D eigenvalue weighted by Crippen LogP contribution is 2.63. The first-order valence-electron chi connectivity index (χ1n) is 28.4. The largest absolute Gasteiger partial charge is 0.497 e. The number of H-pyrrole nitrogens is 2. The second-order valence-electron chi connectivity index (χ2n) is 21.0. The molecule has 1 fully saturated rings. The lowest BCUT2D eigenvalue weighted by atomic mass is 9.80. The van der Waals surface area contributed by atoms with E-state index >= 15 is 0 Å². The lowest BCUT2D eigenvalue weighted by Gasteiger charge is -2.46. The van der Waals surface area contributed by atoms with Gasteiger partial charge in [0.2, 0.25) is 11.8 Å². The van der Waals surface area contributed by atoms with Crippen LogP contribution in [-0.4, -0.2) is 107 Å². The molecule has 2 aromatic heterocycles. The Labute approximate surface area is 485 Å². The van der Waals surface area contributed by atoms with Crippen LogP contribution in [0.2, 0.25) is 0 Å². The van der Waals surface area contributed by atoms with Gasteiger partial charge >= 0.3 is 5.69 Å². The molecule has 0 radical (unpaired) electrons. The van der Waals surface area contributed by atoms with Crippen molar-refractivity contribution < 1.29 is 42.9 Å². The number of para-hydroxylation sites is 1. The highest BCUT2D eigenvalue weighted by atomic mass is 31.2. The number of hydrogen-bond donors (Lipinski definition) is 5. The number of methoxy groups -OCH3 is 2. The van der Waals surface area contributed by atoms with Gasteiger partial charge in [-0.15, -0.1) is 0 Å². The second-order valence-corrected chi connectivity index (χ2v) is 23.1. The fraction of sp³-hybridized carbons (Fsp3) is 0.391. The zero-order chi connectivity index (χ0) is 58.9.